The standard InChI is InChI=1S/C8H3Br2NOS2/c9-6-3-4(8(10)14-6)7(12)5-1-2-13-11-5/h1-3H. The summed E-state index contributed by atoms with van der Waals surface area (Å²) in [6.45, 7) is 0. The van der Waals surface area contributed by atoms with Gasteiger partial charge in [-0.3, -0.25) is 4.79 Å². The van der Waals surface area contributed by atoms with Crippen molar-refractivity contribution in [2.24, 2.45) is 0 Å². The fraction of sp³-hybridized carbons (Fsp3) is 0. The quantitative estimate of drug-likeness (QED) is 0.765. The second kappa shape index (κ2) is 4.22. The van der Waals surface area contributed by atoms with Gasteiger partial charge in [0, 0.05) is 5.38 Å². The van der Waals surface area contributed by atoms with Crippen molar-refractivity contribution in [2.45, 2.75) is 0 Å². The number of aromatic nitrogens is 1. The molecule has 2 aromatic rings. The predicted octanol–water partition coefficient (Wildman–Crippen LogP) is 3.96. The molecule has 0 aliphatic rings. The van der Waals surface area contributed by atoms with Gasteiger partial charge < -0.3 is 0 Å². The Morgan fingerprint density at radius 3 is 2.71 bits per heavy atom. The fourth-order valence-corrected chi connectivity index (χ4v) is 4.26. The van der Waals surface area contributed by atoms with E-state index in [4.69, 9.17) is 0 Å². The highest BCUT2D eigenvalue weighted by molar-refractivity contribution is 9.12. The van der Waals surface area contributed by atoms with Crippen LogP contribution < -0.4 is 0 Å². The molecule has 0 saturated carbocycles. The van der Waals surface area contributed by atoms with Crippen LogP contribution in [-0.2, 0) is 0 Å². The van der Waals surface area contributed by atoms with Gasteiger partial charge in [-0.05, 0) is 55.5 Å². The number of hydrogen-bond acceptors (Lipinski definition) is 4. The smallest absolute Gasteiger partial charge is 0.214 e. The van der Waals surface area contributed by atoms with E-state index in [1.54, 1.807) is 17.5 Å². The maximum absolute atomic E-state index is 11.8. The van der Waals surface area contributed by atoms with E-state index in [0.717, 1.165) is 7.57 Å². The van der Waals surface area contributed by atoms with E-state index in [9.17, 15) is 4.79 Å². The number of hydrogen-bond donors (Lipinski definition) is 0. The van der Waals surface area contributed by atoms with Gasteiger partial charge in [-0.25, -0.2) is 0 Å². The van der Waals surface area contributed by atoms with Gasteiger partial charge >= 0.3 is 0 Å². The van der Waals surface area contributed by atoms with Crippen molar-refractivity contribution >= 4 is 60.5 Å². The minimum Gasteiger partial charge on any atom is -0.287 e. The lowest BCUT2D eigenvalue weighted by Gasteiger charge is -1.92. The molecule has 0 radical (unpaired) electrons. The highest BCUT2D eigenvalue weighted by atomic mass is 79.9. The van der Waals surface area contributed by atoms with Crippen molar-refractivity contribution in [2.75, 3.05) is 0 Å². The summed E-state index contributed by atoms with van der Waals surface area (Å²) in [7, 11) is 0. The van der Waals surface area contributed by atoms with Gasteiger partial charge in [-0.15, -0.1) is 11.3 Å². The molecule has 0 unspecified atom stereocenters. The topological polar surface area (TPSA) is 30.0 Å². The Bertz CT molecular complexity index is 464. The van der Waals surface area contributed by atoms with E-state index in [1.807, 2.05) is 0 Å². The molecule has 72 valence electrons. The van der Waals surface area contributed by atoms with Crippen LogP contribution in [0.5, 0.6) is 0 Å². The van der Waals surface area contributed by atoms with E-state index >= 15 is 0 Å². The molecular weight excluding hydrogens is 350 g/mol. The number of rotatable bonds is 2. The number of carbonyl (C=O) groups is 1. The van der Waals surface area contributed by atoms with Crippen LogP contribution in [0.25, 0.3) is 0 Å². The molecule has 0 fully saturated rings. The summed E-state index contributed by atoms with van der Waals surface area (Å²) in [5.74, 6) is -0.0416. The summed E-state index contributed by atoms with van der Waals surface area (Å²) in [4.78, 5) is 11.8. The summed E-state index contributed by atoms with van der Waals surface area (Å²) in [6.07, 6.45) is 0. The molecule has 0 amide bonds. The Balaban J connectivity index is 2.41. The summed E-state index contributed by atoms with van der Waals surface area (Å²) in [6, 6.07) is 3.53. The monoisotopic (exact) mass is 351 g/mol. The molecule has 2 rings (SSSR count). The van der Waals surface area contributed by atoms with Crippen molar-refractivity contribution in [3.8, 4) is 0 Å². The number of thiophene rings is 1. The molecule has 0 bridgehead atoms. The van der Waals surface area contributed by atoms with Gasteiger partial charge in [0.2, 0.25) is 5.78 Å². The lowest BCUT2D eigenvalue weighted by atomic mass is 10.2. The van der Waals surface area contributed by atoms with Crippen LogP contribution in [0.15, 0.2) is 25.1 Å². The zero-order valence-corrected chi connectivity index (χ0v) is 11.5. The molecule has 2 heterocycles. The van der Waals surface area contributed by atoms with Crippen molar-refractivity contribution in [3.05, 3.63) is 36.3 Å². The molecular formula is C8H3Br2NOS2. The van der Waals surface area contributed by atoms with Gasteiger partial charge in [0.15, 0.2) is 0 Å². The third-order valence-corrected chi connectivity index (χ3v) is 4.47. The van der Waals surface area contributed by atoms with Crippen LogP contribution in [-0.4, -0.2) is 10.2 Å². The van der Waals surface area contributed by atoms with Crippen LogP contribution in [0.3, 0.4) is 0 Å². The van der Waals surface area contributed by atoms with Crippen molar-refractivity contribution in [1.82, 2.24) is 4.37 Å². The minimum atomic E-state index is -0.0416. The molecule has 0 spiro atoms. The first-order chi connectivity index (χ1) is 6.68. The summed E-state index contributed by atoms with van der Waals surface area (Å²) in [5.41, 5.74) is 1.16. The second-order valence-electron chi connectivity index (χ2n) is 2.45. The van der Waals surface area contributed by atoms with E-state index in [-0.39, 0.29) is 5.78 Å². The lowest BCUT2D eigenvalue weighted by Crippen LogP contribution is -1.99. The molecule has 0 aromatic carbocycles. The Morgan fingerprint density at radius 2 is 2.21 bits per heavy atom. The average molecular weight is 353 g/mol. The summed E-state index contributed by atoms with van der Waals surface area (Å²) < 4.78 is 5.77. The SMILES string of the molecule is O=C(c1ccsn1)c1cc(Br)sc1Br. The van der Waals surface area contributed by atoms with Crippen molar-refractivity contribution < 1.29 is 4.79 Å². The maximum atomic E-state index is 11.8. The van der Waals surface area contributed by atoms with Gasteiger partial charge in [-0.2, -0.15) is 4.37 Å². The fourth-order valence-electron chi connectivity index (χ4n) is 0.963. The Hall–Kier alpha value is -0.0400. The molecule has 2 aromatic heterocycles. The average Bonchev–Trinajstić information content (AvgIpc) is 2.73. The van der Waals surface area contributed by atoms with Crippen LogP contribution in [0, 0.1) is 0 Å². The Labute approximate surface area is 105 Å². The predicted molar refractivity (Wildman–Crippen MR) is 65.3 cm³/mol. The third-order valence-electron chi connectivity index (χ3n) is 1.57. The molecule has 0 saturated heterocycles. The first-order valence-electron chi connectivity index (χ1n) is 3.58. The highest BCUT2D eigenvalue weighted by Crippen LogP contribution is 2.33. The molecule has 6 heteroatoms. The molecule has 0 aliphatic carbocycles. The molecule has 0 aliphatic heterocycles. The van der Waals surface area contributed by atoms with Crippen molar-refractivity contribution in [3.63, 3.8) is 0 Å². The lowest BCUT2D eigenvalue weighted by molar-refractivity contribution is 0.103. The number of halogens is 2. The normalized spacial score (nSPS) is 10.4. The first-order valence-corrected chi connectivity index (χ1v) is 6.82. The second-order valence-corrected chi connectivity index (χ2v) is 6.87. The summed E-state index contributed by atoms with van der Waals surface area (Å²) in [5, 5.41) is 1.79. The van der Waals surface area contributed by atoms with E-state index < -0.39 is 0 Å². The van der Waals surface area contributed by atoms with Crippen LogP contribution in [0.4, 0.5) is 0 Å². The van der Waals surface area contributed by atoms with Gasteiger partial charge in [0.1, 0.15) is 5.69 Å². The van der Waals surface area contributed by atoms with Crippen LogP contribution in [0.1, 0.15) is 16.1 Å². The van der Waals surface area contributed by atoms with Gasteiger partial charge in [-0.1, -0.05) is 0 Å². The molecule has 0 N–H and O–H groups in total. The molecule has 0 atom stereocenters. The Morgan fingerprint density at radius 1 is 1.43 bits per heavy atom. The first kappa shape index (κ1) is 10.5. The zero-order chi connectivity index (χ0) is 10.1. The van der Waals surface area contributed by atoms with Crippen LogP contribution in [0.2, 0.25) is 0 Å². The number of ketones is 1. The summed E-state index contributed by atoms with van der Waals surface area (Å²) >= 11 is 9.44. The maximum Gasteiger partial charge on any atom is 0.214 e. The van der Waals surface area contributed by atoms with E-state index in [0.29, 0.717) is 11.3 Å². The highest BCUT2D eigenvalue weighted by Gasteiger charge is 2.16. The zero-order valence-electron chi connectivity index (χ0n) is 6.66. The van der Waals surface area contributed by atoms with Gasteiger partial charge in [0.25, 0.3) is 0 Å². The number of carbonyl (C=O) groups excluding carboxylic acids is 1. The Kier molecular flexibility index (Phi) is 3.16. The minimum absolute atomic E-state index is 0.0416. The van der Waals surface area contributed by atoms with Crippen LogP contribution >= 0.6 is 54.7 Å². The number of nitrogens with zero attached hydrogens (tertiary/aromatic N) is 1. The molecule has 14 heavy (non-hydrogen) atoms. The van der Waals surface area contributed by atoms with Gasteiger partial charge in [0.05, 0.1) is 13.1 Å². The largest absolute Gasteiger partial charge is 0.287 e. The van der Waals surface area contributed by atoms with E-state index in [1.165, 1.54) is 22.9 Å². The van der Waals surface area contributed by atoms with Crippen molar-refractivity contribution in [1.29, 1.82) is 0 Å². The molecule has 2 nitrogen and oxygen atoms in total. The van der Waals surface area contributed by atoms with E-state index in [2.05, 4.69) is 36.2 Å². The third kappa shape index (κ3) is 1.98.